The van der Waals surface area contributed by atoms with Gasteiger partial charge in [-0.1, -0.05) is 13.8 Å². The molecule has 4 nitrogen and oxygen atoms in total. The summed E-state index contributed by atoms with van der Waals surface area (Å²) in [7, 11) is 0. The number of nitrogens with zero attached hydrogens (tertiary/aromatic N) is 3. The Kier molecular flexibility index (Phi) is 3.50. The first-order valence-corrected chi connectivity index (χ1v) is 5.36. The highest BCUT2D eigenvalue weighted by molar-refractivity contribution is 4.78. The summed E-state index contributed by atoms with van der Waals surface area (Å²) in [5.41, 5.74) is 0.348. The molecule has 0 bridgehead atoms. The van der Waals surface area contributed by atoms with E-state index in [-0.39, 0.29) is 11.0 Å². The van der Waals surface area contributed by atoms with E-state index >= 15 is 0 Å². The fourth-order valence-electron chi connectivity index (χ4n) is 1.31. The van der Waals surface area contributed by atoms with E-state index in [1.807, 2.05) is 4.68 Å². The van der Waals surface area contributed by atoms with Gasteiger partial charge in [0.1, 0.15) is 12.7 Å². The van der Waals surface area contributed by atoms with Gasteiger partial charge in [0.25, 0.3) is 0 Å². The lowest BCUT2D eigenvalue weighted by atomic mass is 9.92. The van der Waals surface area contributed by atoms with E-state index in [0.717, 1.165) is 13.1 Å². The Morgan fingerprint density at radius 1 is 1.20 bits per heavy atom. The van der Waals surface area contributed by atoms with Crippen LogP contribution in [0.4, 0.5) is 0 Å². The number of nitrogens with one attached hydrogen (secondary N) is 1. The zero-order chi connectivity index (χ0) is 11.5. The van der Waals surface area contributed by atoms with Crippen molar-refractivity contribution in [3.8, 4) is 0 Å². The fourth-order valence-corrected chi connectivity index (χ4v) is 1.31. The van der Waals surface area contributed by atoms with Crippen LogP contribution in [0.25, 0.3) is 0 Å². The van der Waals surface area contributed by atoms with Crippen LogP contribution in [-0.2, 0) is 6.54 Å². The molecule has 1 heterocycles. The monoisotopic (exact) mass is 210 g/mol. The van der Waals surface area contributed by atoms with Gasteiger partial charge in [-0.2, -0.15) is 5.10 Å². The summed E-state index contributed by atoms with van der Waals surface area (Å²) in [4.78, 5) is 3.95. The molecular formula is C11H22N4. The predicted molar refractivity (Wildman–Crippen MR) is 61.6 cm³/mol. The van der Waals surface area contributed by atoms with Gasteiger partial charge in [-0.25, -0.2) is 4.98 Å². The summed E-state index contributed by atoms with van der Waals surface area (Å²) in [6.07, 6.45) is 3.34. The molecule has 0 saturated carbocycles. The molecule has 0 aliphatic rings. The van der Waals surface area contributed by atoms with Crippen molar-refractivity contribution in [1.82, 2.24) is 20.1 Å². The van der Waals surface area contributed by atoms with Crippen molar-refractivity contribution in [2.75, 3.05) is 6.54 Å². The van der Waals surface area contributed by atoms with Gasteiger partial charge >= 0.3 is 0 Å². The molecule has 0 amide bonds. The zero-order valence-electron chi connectivity index (χ0n) is 10.4. The maximum Gasteiger partial charge on any atom is 0.137 e. The normalized spacial score (nSPS) is 13.1. The van der Waals surface area contributed by atoms with Gasteiger partial charge in [0.15, 0.2) is 0 Å². The number of hydrogen-bond donors (Lipinski definition) is 1. The molecule has 0 unspecified atom stereocenters. The van der Waals surface area contributed by atoms with Gasteiger partial charge in [-0.15, -0.1) is 0 Å². The highest BCUT2D eigenvalue weighted by atomic mass is 15.3. The average Bonchev–Trinajstić information content (AvgIpc) is 2.52. The molecule has 0 fully saturated rings. The Morgan fingerprint density at radius 3 is 2.33 bits per heavy atom. The number of hydrogen-bond acceptors (Lipinski definition) is 3. The van der Waals surface area contributed by atoms with E-state index in [1.165, 1.54) is 0 Å². The first-order valence-electron chi connectivity index (χ1n) is 5.36. The molecule has 4 heteroatoms. The largest absolute Gasteiger partial charge is 0.311 e. The lowest BCUT2D eigenvalue weighted by molar-refractivity contribution is 0.246. The second kappa shape index (κ2) is 4.31. The molecule has 0 saturated heterocycles. The second-order valence-corrected chi connectivity index (χ2v) is 5.86. The number of rotatable bonds is 4. The van der Waals surface area contributed by atoms with Crippen molar-refractivity contribution >= 4 is 0 Å². The third-order valence-electron chi connectivity index (χ3n) is 2.15. The standard InChI is InChI=1S/C11H22N4/c1-10(2,3)13-6-11(4,5)7-15-9-12-8-14-15/h8-9,13H,6-7H2,1-5H3. The smallest absolute Gasteiger partial charge is 0.137 e. The van der Waals surface area contributed by atoms with Gasteiger partial charge in [-0.3, -0.25) is 4.68 Å². The van der Waals surface area contributed by atoms with Crippen LogP contribution < -0.4 is 5.32 Å². The predicted octanol–water partition coefficient (Wildman–Crippen LogP) is 1.69. The highest BCUT2D eigenvalue weighted by Crippen LogP contribution is 2.17. The molecule has 0 aliphatic carbocycles. The summed E-state index contributed by atoms with van der Waals surface area (Å²) in [5.74, 6) is 0. The minimum atomic E-state index is 0.166. The van der Waals surface area contributed by atoms with Crippen LogP contribution in [0.15, 0.2) is 12.7 Å². The third kappa shape index (κ3) is 4.93. The number of aromatic nitrogens is 3. The van der Waals surface area contributed by atoms with Crippen LogP contribution in [0.1, 0.15) is 34.6 Å². The summed E-state index contributed by atoms with van der Waals surface area (Å²) >= 11 is 0. The van der Waals surface area contributed by atoms with Crippen LogP contribution in [0.5, 0.6) is 0 Å². The van der Waals surface area contributed by atoms with Gasteiger partial charge in [0, 0.05) is 18.6 Å². The minimum Gasteiger partial charge on any atom is -0.311 e. The van der Waals surface area contributed by atoms with Crippen molar-refractivity contribution in [3.63, 3.8) is 0 Å². The molecule has 1 N–H and O–H groups in total. The lowest BCUT2D eigenvalue weighted by Gasteiger charge is -2.30. The zero-order valence-corrected chi connectivity index (χ0v) is 10.4. The molecule has 15 heavy (non-hydrogen) atoms. The Bertz CT molecular complexity index is 282. The van der Waals surface area contributed by atoms with Crippen molar-refractivity contribution in [3.05, 3.63) is 12.7 Å². The SMILES string of the molecule is CC(C)(CNC(C)(C)C)Cn1cncn1. The van der Waals surface area contributed by atoms with E-state index in [1.54, 1.807) is 12.7 Å². The Hall–Kier alpha value is -0.900. The molecule has 1 rings (SSSR count). The van der Waals surface area contributed by atoms with Crippen molar-refractivity contribution < 1.29 is 0 Å². The van der Waals surface area contributed by atoms with E-state index in [2.05, 4.69) is 50.0 Å². The molecule has 0 radical (unpaired) electrons. The molecular weight excluding hydrogens is 188 g/mol. The van der Waals surface area contributed by atoms with Crippen LogP contribution in [0.3, 0.4) is 0 Å². The summed E-state index contributed by atoms with van der Waals surface area (Å²) in [6, 6.07) is 0. The summed E-state index contributed by atoms with van der Waals surface area (Å²) in [5, 5.41) is 7.64. The highest BCUT2D eigenvalue weighted by Gasteiger charge is 2.21. The van der Waals surface area contributed by atoms with E-state index in [4.69, 9.17) is 0 Å². The fraction of sp³-hybridized carbons (Fsp3) is 0.818. The average molecular weight is 210 g/mol. The van der Waals surface area contributed by atoms with Gasteiger partial charge < -0.3 is 5.32 Å². The Labute approximate surface area is 92.1 Å². The second-order valence-electron chi connectivity index (χ2n) is 5.86. The maximum absolute atomic E-state index is 4.12. The van der Waals surface area contributed by atoms with Gasteiger partial charge in [0.2, 0.25) is 0 Å². The molecule has 0 spiro atoms. The van der Waals surface area contributed by atoms with Gasteiger partial charge in [-0.05, 0) is 26.2 Å². The lowest BCUT2D eigenvalue weighted by Crippen LogP contribution is -2.43. The Balaban J connectivity index is 2.45. The van der Waals surface area contributed by atoms with Crippen LogP contribution in [0, 0.1) is 5.41 Å². The first-order chi connectivity index (χ1) is 6.79. The van der Waals surface area contributed by atoms with E-state index in [9.17, 15) is 0 Å². The maximum atomic E-state index is 4.12. The quantitative estimate of drug-likeness (QED) is 0.822. The molecule has 0 atom stereocenters. The first kappa shape index (κ1) is 12.2. The summed E-state index contributed by atoms with van der Waals surface area (Å²) in [6.45, 7) is 12.9. The van der Waals surface area contributed by atoms with Crippen LogP contribution in [-0.4, -0.2) is 26.8 Å². The molecule has 1 aromatic rings. The van der Waals surface area contributed by atoms with E-state index < -0.39 is 0 Å². The summed E-state index contributed by atoms with van der Waals surface area (Å²) < 4.78 is 1.88. The van der Waals surface area contributed by atoms with E-state index in [0.29, 0.717) is 0 Å². The van der Waals surface area contributed by atoms with Crippen LogP contribution in [0.2, 0.25) is 0 Å². The van der Waals surface area contributed by atoms with Gasteiger partial charge in [0.05, 0.1) is 0 Å². The molecule has 0 aromatic carbocycles. The Morgan fingerprint density at radius 2 is 1.87 bits per heavy atom. The third-order valence-corrected chi connectivity index (χ3v) is 2.15. The van der Waals surface area contributed by atoms with Crippen molar-refractivity contribution in [2.45, 2.75) is 46.7 Å². The van der Waals surface area contributed by atoms with Crippen molar-refractivity contribution in [1.29, 1.82) is 0 Å². The van der Waals surface area contributed by atoms with Crippen LogP contribution >= 0.6 is 0 Å². The van der Waals surface area contributed by atoms with Crippen molar-refractivity contribution in [2.24, 2.45) is 5.41 Å². The minimum absolute atomic E-state index is 0.166. The topological polar surface area (TPSA) is 42.7 Å². The molecule has 0 aliphatic heterocycles. The molecule has 1 aromatic heterocycles. The molecule has 86 valence electrons.